The summed E-state index contributed by atoms with van der Waals surface area (Å²) in [4.78, 5) is 53.0. The molecular weight excluding hydrogens is 406 g/mol. The smallest absolute Gasteiger partial charge is 0.410 e. The van der Waals surface area contributed by atoms with E-state index in [0.717, 1.165) is 4.90 Å². The molecular formula is C21H37N3O7. The molecule has 1 aliphatic rings. The average Bonchev–Trinajstić information content (AvgIpc) is 3.02. The molecule has 1 heterocycles. The topological polar surface area (TPSA) is 125 Å². The number of aliphatic hydroxyl groups is 1. The van der Waals surface area contributed by atoms with Gasteiger partial charge in [-0.05, 0) is 33.1 Å². The zero-order valence-corrected chi connectivity index (χ0v) is 20.0. The van der Waals surface area contributed by atoms with Crippen molar-refractivity contribution in [2.75, 3.05) is 20.7 Å². The van der Waals surface area contributed by atoms with Gasteiger partial charge in [-0.1, -0.05) is 20.8 Å². The zero-order chi connectivity index (χ0) is 24.3. The Labute approximate surface area is 184 Å². The van der Waals surface area contributed by atoms with Gasteiger partial charge in [0.25, 0.3) is 0 Å². The molecule has 0 aliphatic carbocycles. The number of aliphatic hydroxyl groups excluding tert-OH is 1. The van der Waals surface area contributed by atoms with E-state index in [1.807, 2.05) is 0 Å². The highest BCUT2D eigenvalue weighted by Crippen LogP contribution is 2.26. The molecule has 0 aromatic heterocycles. The molecule has 0 aromatic rings. The van der Waals surface area contributed by atoms with Crippen LogP contribution in [0, 0.1) is 5.41 Å². The van der Waals surface area contributed by atoms with E-state index in [0.29, 0.717) is 0 Å². The fraction of sp³-hybridized carbons (Fsp3) is 0.810. The minimum absolute atomic E-state index is 0.0333. The molecule has 178 valence electrons. The van der Waals surface area contributed by atoms with E-state index in [9.17, 15) is 24.3 Å². The largest absolute Gasteiger partial charge is 0.467 e. The van der Waals surface area contributed by atoms with Gasteiger partial charge in [-0.15, -0.1) is 0 Å². The number of carbonyl (C=O) groups excluding carboxylic acids is 4. The van der Waals surface area contributed by atoms with Crippen LogP contribution in [0.4, 0.5) is 4.79 Å². The standard InChI is InChI=1S/C21H37N3O7/c1-12(23(8)19(29)31-21(5,6)7)16(26)22-15(20(2,3)4)17(27)24-11-13(25)10-14(24)18(28)30-9/h12-15,25H,10-11H2,1-9H3,(H,22,26)/t12-,13+,14-,15+/m0/s1. The molecule has 10 nitrogen and oxygen atoms in total. The number of carbonyl (C=O) groups is 4. The first kappa shape index (κ1) is 26.7. The Morgan fingerprint density at radius 3 is 2.13 bits per heavy atom. The first-order chi connectivity index (χ1) is 14.0. The van der Waals surface area contributed by atoms with Crippen LogP contribution in [-0.4, -0.2) is 89.3 Å². The van der Waals surface area contributed by atoms with Crippen LogP contribution in [0.15, 0.2) is 0 Å². The lowest BCUT2D eigenvalue weighted by Crippen LogP contribution is -2.59. The van der Waals surface area contributed by atoms with E-state index in [4.69, 9.17) is 9.47 Å². The third-order valence-corrected chi connectivity index (χ3v) is 5.08. The molecule has 3 amide bonds. The highest BCUT2D eigenvalue weighted by Gasteiger charge is 2.45. The van der Waals surface area contributed by atoms with Gasteiger partial charge in [0, 0.05) is 20.0 Å². The van der Waals surface area contributed by atoms with Crippen LogP contribution in [0.1, 0.15) is 54.9 Å². The van der Waals surface area contributed by atoms with Crippen molar-refractivity contribution in [3.63, 3.8) is 0 Å². The van der Waals surface area contributed by atoms with Crippen LogP contribution in [0.5, 0.6) is 0 Å². The van der Waals surface area contributed by atoms with Crippen molar-refractivity contribution < 1.29 is 33.8 Å². The zero-order valence-electron chi connectivity index (χ0n) is 20.0. The van der Waals surface area contributed by atoms with Crippen LogP contribution >= 0.6 is 0 Å². The number of likely N-dealkylation sites (N-methyl/N-ethyl adjacent to an activating group) is 1. The van der Waals surface area contributed by atoms with Crippen molar-refractivity contribution in [1.82, 2.24) is 15.1 Å². The summed E-state index contributed by atoms with van der Waals surface area (Å²) in [5.74, 6) is -1.67. The highest BCUT2D eigenvalue weighted by molar-refractivity contribution is 5.93. The van der Waals surface area contributed by atoms with Crippen LogP contribution in [0.25, 0.3) is 0 Å². The third-order valence-electron chi connectivity index (χ3n) is 5.08. The lowest BCUT2D eigenvalue weighted by molar-refractivity contribution is -0.153. The van der Waals surface area contributed by atoms with Gasteiger partial charge in [-0.2, -0.15) is 0 Å². The van der Waals surface area contributed by atoms with E-state index in [1.54, 1.807) is 41.5 Å². The molecule has 31 heavy (non-hydrogen) atoms. The van der Waals surface area contributed by atoms with Crippen molar-refractivity contribution in [3.05, 3.63) is 0 Å². The number of amides is 3. The minimum atomic E-state index is -0.994. The quantitative estimate of drug-likeness (QED) is 0.605. The van der Waals surface area contributed by atoms with Crippen molar-refractivity contribution in [1.29, 1.82) is 0 Å². The lowest BCUT2D eigenvalue weighted by atomic mass is 9.85. The van der Waals surface area contributed by atoms with Gasteiger partial charge in [0.2, 0.25) is 11.8 Å². The molecule has 0 aromatic carbocycles. The number of likely N-dealkylation sites (tertiary alicyclic amines) is 1. The second-order valence-electron chi connectivity index (χ2n) is 9.99. The maximum atomic E-state index is 13.3. The van der Waals surface area contributed by atoms with Gasteiger partial charge in [-0.3, -0.25) is 14.5 Å². The van der Waals surface area contributed by atoms with Crippen LogP contribution in [0.2, 0.25) is 0 Å². The highest BCUT2D eigenvalue weighted by atomic mass is 16.6. The first-order valence-corrected chi connectivity index (χ1v) is 10.3. The van der Waals surface area contributed by atoms with Gasteiger partial charge >= 0.3 is 12.1 Å². The fourth-order valence-corrected chi connectivity index (χ4v) is 3.16. The Bertz CT molecular complexity index is 696. The number of β-amino-alcohol motifs (C(OH)–C–C–N with tert-alkyl or cyclic N) is 1. The Morgan fingerprint density at radius 1 is 1.13 bits per heavy atom. The molecule has 10 heteroatoms. The van der Waals surface area contributed by atoms with Crippen LogP contribution in [0.3, 0.4) is 0 Å². The van der Waals surface area contributed by atoms with Crippen molar-refractivity contribution >= 4 is 23.9 Å². The number of methoxy groups -OCH3 is 1. The maximum Gasteiger partial charge on any atom is 0.410 e. The van der Waals surface area contributed by atoms with E-state index in [1.165, 1.54) is 26.0 Å². The second-order valence-corrected chi connectivity index (χ2v) is 9.99. The van der Waals surface area contributed by atoms with E-state index >= 15 is 0 Å². The van der Waals surface area contributed by atoms with Gasteiger partial charge in [0.15, 0.2) is 0 Å². The molecule has 1 fully saturated rings. The molecule has 0 radical (unpaired) electrons. The number of nitrogens with one attached hydrogen (secondary N) is 1. The monoisotopic (exact) mass is 443 g/mol. The molecule has 2 N–H and O–H groups in total. The molecule has 1 aliphatic heterocycles. The molecule has 0 unspecified atom stereocenters. The summed E-state index contributed by atoms with van der Waals surface area (Å²) < 4.78 is 10.0. The van der Waals surface area contributed by atoms with Gasteiger partial charge in [-0.25, -0.2) is 9.59 Å². The molecule has 1 rings (SSSR count). The molecule has 4 atom stereocenters. The summed E-state index contributed by atoms with van der Waals surface area (Å²) in [5, 5.41) is 12.7. The van der Waals surface area contributed by atoms with E-state index < -0.39 is 59.1 Å². The van der Waals surface area contributed by atoms with Crippen molar-refractivity contribution in [3.8, 4) is 0 Å². The van der Waals surface area contributed by atoms with Crippen LogP contribution in [-0.2, 0) is 23.9 Å². The summed E-state index contributed by atoms with van der Waals surface area (Å²) >= 11 is 0. The number of nitrogens with zero attached hydrogens (tertiary/aromatic N) is 2. The molecule has 1 saturated heterocycles. The van der Waals surface area contributed by atoms with Crippen molar-refractivity contribution in [2.24, 2.45) is 5.41 Å². The predicted molar refractivity (Wildman–Crippen MR) is 113 cm³/mol. The van der Waals surface area contributed by atoms with E-state index in [2.05, 4.69) is 5.32 Å². The number of ether oxygens (including phenoxy) is 2. The Kier molecular flexibility index (Phi) is 8.47. The normalized spacial score (nSPS) is 21.2. The number of esters is 1. The summed E-state index contributed by atoms with van der Waals surface area (Å²) in [6, 6.07) is -2.82. The second kappa shape index (κ2) is 9.84. The molecule has 0 saturated carbocycles. The summed E-state index contributed by atoms with van der Waals surface area (Å²) in [6.07, 6.45) is -1.45. The lowest BCUT2D eigenvalue weighted by Gasteiger charge is -2.36. The average molecular weight is 444 g/mol. The molecule has 0 spiro atoms. The van der Waals surface area contributed by atoms with Gasteiger partial charge < -0.3 is 24.8 Å². The Balaban J connectivity index is 3.03. The minimum Gasteiger partial charge on any atom is -0.467 e. The summed E-state index contributed by atoms with van der Waals surface area (Å²) in [6.45, 7) is 12.0. The summed E-state index contributed by atoms with van der Waals surface area (Å²) in [7, 11) is 2.66. The summed E-state index contributed by atoms with van der Waals surface area (Å²) in [5.41, 5.74) is -1.42. The van der Waals surface area contributed by atoms with Crippen molar-refractivity contribution in [2.45, 2.75) is 84.7 Å². The number of hydrogen-bond acceptors (Lipinski definition) is 7. The molecule has 0 bridgehead atoms. The Morgan fingerprint density at radius 2 is 1.68 bits per heavy atom. The first-order valence-electron chi connectivity index (χ1n) is 10.3. The predicted octanol–water partition coefficient (Wildman–Crippen LogP) is 0.908. The number of rotatable bonds is 5. The Hall–Kier alpha value is -2.36. The van der Waals surface area contributed by atoms with Crippen LogP contribution < -0.4 is 5.32 Å². The maximum absolute atomic E-state index is 13.3. The van der Waals surface area contributed by atoms with E-state index in [-0.39, 0.29) is 13.0 Å². The SMILES string of the molecule is COC(=O)[C@@H]1C[C@@H](O)CN1C(=O)[C@@H](NC(=O)[C@H](C)N(C)C(=O)OC(C)(C)C)C(C)(C)C. The third kappa shape index (κ3) is 7.09. The van der Waals surface area contributed by atoms with Gasteiger partial charge in [0.1, 0.15) is 23.7 Å². The number of hydrogen-bond donors (Lipinski definition) is 2. The fourth-order valence-electron chi connectivity index (χ4n) is 3.16. The van der Waals surface area contributed by atoms with Gasteiger partial charge in [0.05, 0.1) is 13.2 Å².